The summed E-state index contributed by atoms with van der Waals surface area (Å²) in [6, 6.07) is 8.95. The van der Waals surface area contributed by atoms with Crippen LogP contribution >= 0.6 is 80.1 Å². The van der Waals surface area contributed by atoms with Gasteiger partial charge in [0.05, 0.1) is 22.1 Å². The van der Waals surface area contributed by atoms with E-state index in [0.717, 1.165) is 29.4 Å². The molecule has 9 heteroatoms. The molecule has 0 radical (unpaired) electrons. The number of amides is 2. The van der Waals surface area contributed by atoms with Gasteiger partial charge in [-0.3, -0.25) is 14.5 Å². The van der Waals surface area contributed by atoms with Gasteiger partial charge in [-0.15, -0.1) is 0 Å². The van der Waals surface area contributed by atoms with Crippen molar-refractivity contribution in [1.82, 2.24) is 4.90 Å². The van der Waals surface area contributed by atoms with Gasteiger partial charge in [-0.05, 0) is 87.3 Å². The molecule has 1 aliphatic rings. The number of hydrogen-bond donors (Lipinski definition) is 0. The first kappa shape index (κ1) is 21.2. The third-order valence-corrected chi connectivity index (χ3v) is 6.82. The highest BCUT2D eigenvalue weighted by Crippen LogP contribution is 2.38. The van der Waals surface area contributed by atoms with E-state index in [1.165, 1.54) is 0 Å². The molecule has 0 unspecified atom stereocenters. The van der Waals surface area contributed by atoms with E-state index in [1.54, 1.807) is 31.4 Å². The van der Waals surface area contributed by atoms with E-state index in [2.05, 4.69) is 45.2 Å². The fourth-order valence-corrected chi connectivity index (χ4v) is 5.98. The van der Waals surface area contributed by atoms with Crippen LogP contribution in [0.25, 0.3) is 6.08 Å². The molecule has 0 saturated carbocycles. The Balaban J connectivity index is 1.94. The van der Waals surface area contributed by atoms with Crippen LogP contribution in [0.4, 0.5) is 4.79 Å². The second-order valence-corrected chi connectivity index (χ2v) is 9.69. The van der Waals surface area contributed by atoms with E-state index in [0.29, 0.717) is 26.3 Å². The molecule has 2 amide bonds. The van der Waals surface area contributed by atoms with Crippen LogP contribution in [0.3, 0.4) is 0 Å². The second kappa shape index (κ2) is 8.89. The van der Waals surface area contributed by atoms with Gasteiger partial charge in [0.2, 0.25) is 0 Å². The summed E-state index contributed by atoms with van der Waals surface area (Å²) in [5.41, 5.74) is 1.29. The van der Waals surface area contributed by atoms with Crippen molar-refractivity contribution in [3.8, 4) is 5.75 Å². The molecule has 1 heterocycles. The number of nitrogens with zero attached hydrogens (tertiary/aromatic N) is 1. The first-order valence-corrected chi connectivity index (χ1v) is 11.3. The van der Waals surface area contributed by atoms with Crippen LogP contribution in [0.5, 0.6) is 5.75 Å². The monoisotopic (exact) mass is 645 g/mol. The van der Waals surface area contributed by atoms with Crippen molar-refractivity contribution >= 4 is 97.4 Å². The smallest absolute Gasteiger partial charge is 0.293 e. The lowest BCUT2D eigenvalue weighted by atomic mass is 10.1. The SMILES string of the molecule is COc1c(I)cc(I)cc1/C=C1\SC(=O)N(Cc2c(Cl)cccc2Cl)C1=O. The summed E-state index contributed by atoms with van der Waals surface area (Å²) in [5.74, 6) is 0.286. The van der Waals surface area contributed by atoms with Crippen molar-refractivity contribution in [3.05, 3.63) is 63.5 Å². The number of thioether (sulfide) groups is 1. The largest absolute Gasteiger partial charge is 0.495 e. The zero-order valence-electron chi connectivity index (χ0n) is 13.8. The van der Waals surface area contributed by atoms with E-state index in [4.69, 9.17) is 27.9 Å². The Bertz CT molecular complexity index is 961. The summed E-state index contributed by atoms with van der Waals surface area (Å²) in [6.45, 7) is 0.0293. The molecule has 1 aliphatic heterocycles. The molecule has 0 N–H and O–H groups in total. The Labute approximate surface area is 197 Å². The molecule has 0 aliphatic carbocycles. The Morgan fingerprint density at radius 2 is 1.85 bits per heavy atom. The van der Waals surface area contributed by atoms with Crippen molar-refractivity contribution in [3.63, 3.8) is 0 Å². The van der Waals surface area contributed by atoms with E-state index in [-0.39, 0.29) is 17.7 Å². The Kier molecular flexibility index (Phi) is 6.99. The number of hydrogen-bond acceptors (Lipinski definition) is 4. The maximum Gasteiger partial charge on any atom is 0.293 e. The van der Waals surface area contributed by atoms with Crippen LogP contribution in [0.15, 0.2) is 35.2 Å². The summed E-state index contributed by atoms with van der Waals surface area (Å²) >= 11 is 17.6. The minimum atomic E-state index is -0.378. The van der Waals surface area contributed by atoms with Gasteiger partial charge in [-0.2, -0.15) is 0 Å². The lowest BCUT2D eigenvalue weighted by Gasteiger charge is -2.14. The van der Waals surface area contributed by atoms with Gasteiger partial charge in [0, 0.05) is 24.7 Å². The normalized spacial score (nSPS) is 15.7. The van der Waals surface area contributed by atoms with E-state index in [1.807, 2.05) is 12.1 Å². The highest BCUT2D eigenvalue weighted by molar-refractivity contribution is 14.1. The number of carbonyl (C=O) groups is 2. The predicted octanol–water partition coefficient (Wildman–Crippen LogP) is 6.45. The van der Waals surface area contributed by atoms with Crippen LogP contribution in [0.2, 0.25) is 10.0 Å². The lowest BCUT2D eigenvalue weighted by Crippen LogP contribution is -2.27. The summed E-state index contributed by atoms with van der Waals surface area (Å²) in [5, 5.41) is 0.472. The van der Waals surface area contributed by atoms with Gasteiger partial charge in [0.15, 0.2) is 0 Å². The summed E-state index contributed by atoms with van der Waals surface area (Å²) in [6.07, 6.45) is 1.68. The van der Waals surface area contributed by atoms with E-state index < -0.39 is 0 Å². The van der Waals surface area contributed by atoms with Crippen molar-refractivity contribution < 1.29 is 14.3 Å². The maximum atomic E-state index is 12.8. The molecule has 3 rings (SSSR count). The molecule has 2 aromatic carbocycles. The average Bonchev–Trinajstić information content (AvgIpc) is 2.85. The fourth-order valence-electron chi connectivity index (χ4n) is 2.52. The van der Waals surface area contributed by atoms with Gasteiger partial charge >= 0.3 is 0 Å². The van der Waals surface area contributed by atoms with Crippen LogP contribution in [0.1, 0.15) is 11.1 Å². The van der Waals surface area contributed by atoms with Crippen LogP contribution < -0.4 is 4.74 Å². The maximum absolute atomic E-state index is 12.8. The zero-order chi connectivity index (χ0) is 19.7. The van der Waals surface area contributed by atoms with Gasteiger partial charge in [-0.1, -0.05) is 29.3 Å². The summed E-state index contributed by atoms with van der Waals surface area (Å²) < 4.78 is 7.38. The van der Waals surface area contributed by atoms with Crippen LogP contribution in [0, 0.1) is 7.14 Å². The molecule has 0 atom stereocenters. The molecule has 4 nitrogen and oxygen atoms in total. The van der Waals surface area contributed by atoms with Crippen LogP contribution in [-0.4, -0.2) is 23.2 Å². The first-order chi connectivity index (χ1) is 12.8. The average molecular weight is 646 g/mol. The Hall–Kier alpha value is -0.490. The second-order valence-electron chi connectivity index (χ2n) is 5.48. The number of methoxy groups -OCH3 is 1. The standard InChI is InChI=1S/C18H11Cl2I2NO3S/c1-26-16-9(5-10(21)7-14(16)22)6-15-17(24)23(18(25)27-15)8-11-12(19)3-2-4-13(11)20/h2-7H,8H2,1H3/b15-6-. The minimum Gasteiger partial charge on any atom is -0.495 e. The van der Waals surface area contributed by atoms with Gasteiger partial charge < -0.3 is 4.74 Å². The quantitative estimate of drug-likeness (QED) is 0.283. The zero-order valence-corrected chi connectivity index (χ0v) is 20.4. The molecular formula is C18H11Cl2I2NO3S. The van der Waals surface area contributed by atoms with E-state index >= 15 is 0 Å². The number of rotatable bonds is 4. The first-order valence-electron chi connectivity index (χ1n) is 7.53. The number of ether oxygens (including phenoxy) is 1. The highest BCUT2D eigenvalue weighted by atomic mass is 127. The van der Waals surface area contributed by atoms with Crippen LogP contribution in [-0.2, 0) is 11.3 Å². The predicted molar refractivity (Wildman–Crippen MR) is 126 cm³/mol. The molecule has 1 saturated heterocycles. The van der Waals surface area contributed by atoms with E-state index in [9.17, 15) is 9.59 Å². The molecule has 0 aromatic heterocycles. The molecule has 140 valence electrons. The van der Waals surface area contributed by atoms with Crippen molar-refractivity contribution in [1.29, 1.82) is 0 Å². The minimum absolute atomic E-state index is 0.0293. The fraction of sp³-hybridized carbons (Fsp3) is 0.111. The third kappa shape index (κ3) is 4.58. The van der Waals surface area contributed by atoms with Gasteiger partial charge in [0.25, 0.3) is 11.1 Å². The topological polar surface area (TPSA) is 46.6 Å². The number of carbonyl (C=O) groups excluding carboxylic acids is 2. The molecule has 0 bridgehead atoms. The highest BCUT2D eigenvalue weighted by Gasteiger charge is 2.36. The number of benzene rings is 2. The number of halogens is 4. The Morgan fingerprint density at radius 1 is 1.19 bits per heavy atom. The van der Waals surface area contributed by atoms with Gasteiger partial charge in [-0.25, -0.2) is 0 Å². The molecule has 2 aromatic rings. The molecular weight excluding hydrogens is 635 g/mol. The van der Waals surface area contributed by atoms with Gasteiger partial charge in [0.1, 0.15) is 5.75 Å². The molecule has 0 spiro atoms. The molecule has 27 heavy (non-hydrogen) atoms. The summed E-state index contributed by atoms with van der Waals surface area (Å²) in [4.78, 5) is 26.7. The molecule has 1 fully saturated rings. The van der Waals surface area contributed by atoms with Crippen molar-refractivity contribution in [2.24, 2.45) is 0 Å². The van der Waals surface area contributed by atoms with Crippen molar-refractivity contribution in [2.75, 3.05) is 7.11 Å². The lowest BCUT2D eigenvalue weighted by molar-refractivity contribution is -0.123. The Morgan fingerprint density at radius 3 is 2.48 bits per heavy atom. The number of imide groups is 1. The third-order valence-electron chi connectivity index (χ3n) is 3.78. The van der Waals surface area contributed by atoms with Crippen molar-refractivity contribution in [2.45, 2.75) is 6.54 Å². The summed E-state index contributed by atoms with van der Waals surface area (Å²) in [7, 11) is 1.58.